The second-order valence-electron chi connectivity index (χ2n) is 5.06. The topological polar surface area (TPSA) is 99.1 Å². The fourth-order valence-corrected chi connectivity index (χ4v) is 2.07. The molecule has 0 spiro atoms. The van der Waals surface area contributed by atoms with Crippen molar-refractivity contribution in [1.29, 1.82) is 0 Å². The van der Waals surface area contributed by atoms with Crippen molar-refractivity contribution >= 4 is 24.0 Å². The van der Waals surface area contributed by atoms with Gasteiger partial charge < -0.3 is 19.3 Å². The van der Waals surface area contributed by atoms with E-state index < -0.39 is 17.9 Å². The maximum absolute atomic E-state index is 12.4. The smallest absolute Gasteiger partial charge is 0.347 e. The normalized spacial score (nSPS) is 10.4. The van der Waals surface area contributed by atoms with E-state index in [1.165, 1.54) is 44.4 Å². The Bertz CT molecular complexity index is 868. The summed E-state index contributed by atoms with van der Waals surface area (Å²) in [4.78, 5) is 34.2. The van der Waals surface area contributed by atoms with Crippen LogP contribution in [0.3, 0.4) is 0 Å². The number of hydrogen-bond donors (Lipinski definition) is 1. The summed E-state index contributed by atoms with van der Waals surface area (Å²) < 4.78 is 15.5. The standard InChI is InChI=1S/C19H16O7/c1-12(20)25-15-6-4-3-5-14(15)19(23)26-16-9-7-13(8-10-18(21)22)11-17(16)24-2/h3-11H,1-2H3,(H,21,22). The number of hydrogen-bond acceptors (Lipinski definition) is 6. The summed E-state index contributed by atoms with van der Waals surface area (Å²) >= 11 is 0. The lowest BCUT2D eigenvalue weighted by molar-refractivity contribution is -0.132. The molecule has 0 aliphatic heterocycles. The number of carboxylic acid groups (broad SMARTS) is 1. The first-order valence-electron chi connectivity index (χ1n) is 7.49. The van der Waals surface area contributed by atoms with Gasteiger partial charge in [0.05, 0.1) is 7.11 Å². The van der Waals surface area contributed by atoms with Gasteiger partial charge in [-0.25, -0.2) is 9.59 Å². The van der Waals surface area contributed by atoms with Crippen molar-refractivity contribution in [3.63, 3.8) is 0 Å². The number of carboxylic acids is 1. The van der Waals surface area contributed by atoms with Crippen molar-refractivity contribution < 1.29 is 33.7 Å². The molecule has 0 saturated heterocycles. The minimum Gasteiger partial charge on any atom is -0.493 e. The SMILES string of the molecule is COc1cc(C=CC(=O)O)ccc1OC(=O)c1ccccc1OC(C)=O. The molecule has 0 unspecified atom stereocenters. The molecule has 134 valence electrons. The molecule has 0 saturated carbocycles. The van der Waals surface area contributed by atoms with E-state index in [1.54, 1.807) is 18.2 Å². The van der Waals surface area contributed by atoms with E-state index in [1.807, 2.05) is 0 Å². The molecule has 0 aliphatic rings. The molecule has 2 aromatic rings. The second kappa shape index (κ2) is 8.48. The Morgan fingerprint density at radius 1 is 0.962 bits per heavy atom. The highest BCUT2D eigenvalue weighted by atomic mass is 16.6. The van der Waals surface area contributed by atoms with Gasteiger partial charge in [0.15, 0.2) is 11.5 Å². The van der Waals surface area contributed by atoms with Crippen LogP contribution in [0, 0.1) is 0 Å². The summed E-state index contributed by atoms with van der Waals surface area (Å²) in [5.41, 5.74) is 0.643. The zero-order valence-corrected chi connectivity index (χ0v) is 14.1. The largest absolute Gasteiger partial charge is 0.493 e. The Kier molecular flexibility index (Phi) is 6.10. The first-order valence-corrected chi connectivity index (χ1v) is 7.49. The third kappa shape index (κ3) is 4.94. The van der Waals surface area contributed by atoms with Gasteiger partial charge in [-0.1, -0.05) is 18.2 Å². The quantitative estimate of drug-likeness (QED) is 0.482. The average Bonchev–Trinajstić information content (AvgIpc) is 2.60. The molecule has 0 heterocycles. The number of benzene rings is 2. The molecular formula is C19H16O7. The van der Waals surface area contributed by atoms with E-state index >= 15 is 0 Å². The fourth-order valence-electron chi connectivity index (χ4n) is 2.07. The molecule has 0 atom stereocenters. The van der Waals surface area contributed by atoms with Crippen molar-refractivity contribution in [2.75, 3.05) is 7.11 Å². The lowest BCUT2D eigenvalue weighted by Gasteiger charge is -2.11. The van der Waals surface area contributed by atoms with E-state index in [4.69, 9.17) is 19.3 Å². The van der Waals surface area contributed by atoms with Gasteiger partial charge in [-0.2, -0.15) is 0 Å². The minimum atomic E-state index is -1.08. The van der Waals surface area contributed by atoms with Crippen LogP contribution in [0.5, 0.6) is 17.2 Å². The second-order valence-corrected chi connectivity index (χ2v) is 5.06. The van der Waals surface area contributed by atoms with Crippen LogP contribution < -0.4 is 14.2 Å². The summed E-state index contributed by atoms with van der Waals surface area (Å²) in [5.74, 6) is -1.89. The highest BCUT2D eigenvalue weighted by Crippen LogP contribution is 2.30. The highest BCUT2D eigenvalue weighted by Gasteiger charge is 2.17. The Balaban J connectivity index is 2.27. The lowest BCUT2D eigenvalue weighted by atomic mass is 10.1. The summed E-state index contributed by atoms with van der Waals surface area (Å²) in [6.45, 7) is 1.23. The van der Waals surface area contributed by atoms with Crippen LogP contribution in [0.15, 0.2) is 48.5 Å². The van der Waals surface area contributed by atoms with E-state index in [0.717, 1.165) is 6.08 Å². The van der Waals surface area contributed by atoms with Crippen LogP contribution in [0.25, 0.3) is 6.08 Å². The number of ether oxygens (including phenoxy) is 3. The van der Waals surface area contributed by atoms with Gasteiger partial charge in [0.25, 0.3) is 0 Å². The highest BCUT2D eigenvalue weighted by molar-refractivity contribution is 5.95. The molecule has 1 N–H and O–H groups in total. The third-order valence-corrected chi connectivity index (χ3v) is 3.17. The van der Waals surface area contributed by atoms with Crippen LogP contribution in [-0.2, 0) is 9.59 Å². The molecule has 0 aromatic heterocycles. The number of rotatable bonds is 6. The van der Waals surface area contributed by atoms with Crippen LogP contribution in [0.2, 0.25) is 0 Å². The fraction of sp³-hybridized carbons (Fsp3) is 0.105. The maximum atomic E-state index is 12.4. The Hall–Kier alpha value is -3.61. The number of para-hydroxylation sites is 1. The van der Waals surface area contributed by atoms with Crippen molar-refractivity contribution in [3.05, 3.63) is 59.7 Å². The van der Waals surface area contributed by atoms with Gasteiger partial charge in [-0.15, -0.1) is 0 Å². The molecule has 0 fully saturated rings. The van der Waals surface area contributed by atoms with Crippen LogP contribution in [0.4, 0.5) is 0 Å². The number of aliphatic carboxylic acids is 1. The van der Waals surface area contributed by atoms with E-state index in [-0.39, 0.29) is 22.8 Å². The van der Waals surface area contributed by atoms with E-state index in [2.05, 4.69) is 0 Å². The Morgan fingerprint density at radius 3 is 2.35 bits per heavy atom. The van der Waals surface area contributed by atoms with Gasteiger partial charge in [-0.05, 0) is 35.9 Å². The van der Waals surface area contributed by atoms with Crippen LogP contribution in [-0.4, -0.2) is 30.1 Å². The zero-order valence-electron chi connectivity index (χ0n) is 14.1. The lowest BCUT2D eigenvalue weighted by Crippen LogP contribution is -2.13. The monoisotopic (exact) mass is 356 g/mol. The van der Waals surface area contributed by atoms with Gasteiger partial charge in [-0.3, -0.25) is 4.79 Å². The summed E-state index contributed by atoms with van der Waals surface area (Å²) in [5, 5.41) is 8.67. The number of esters is 2. The number of carbonyl (C=O) groups is 3. The van der Waals surface area contributed by atoms with Crippen molar-refractivity contribution in [2.24, 2.45) is 0 Å². The average molecular weight is 356 g/mol. The van der Waals surface area contributed by atoms with E-state index in [9.17, 15) is 14.4 Å². The van der Waals surface area contributed by atoms with Crippen LogP contribution in [0.1, 0.15) is 22.8 Å². The molecule has 2 rings (SSSR count). The third-order valence-electron chi connectivity index (χ3n) is 3.17. The van der Waals surface area contributed by atoms with Crippen molar-refractivity contribution in [1.82, 2.24) is 0 Å². The summed E-state index contributed by atoms with van der Waals surface area (Å²) in [6, 6.07) is 10.8. The summed E-state index contributed by atoms with van der Waals surface area (Å²) in [7, 11) is 1.39. The van der Waals surface area contributed by atoms with Gasteiger partial charge >= 0.3 is 17.9 Å². The number of methoxy groups -OCH3 is 1. The molecule has 2 aromatic carbocycles. The molecule has 7 nitrogen and oxygen atoms in total. The number of carbonyl (C=O) groups excluding carboxylic acids is 2. The van der Waals surface area contributed by atoms with Crippen molar-refractivity contribution in [2.45, 2.75) is 6.92 Å². The summed E-state index contributed by atoms with van der Waals surface area (Å²) in [6.07, 6.45) is 2.36. The molecule has 26 heavy (non-hydrogen) atoms. The van der Waals surface area contributed by atoms with Gasteiger partial charge in [0.1, 0.15) is 11.3 Å². The van der Waals surface area contributed by atoms with Gasteiger partial charge in [0.2, 0.25) is 0 Å². The van der Waals surface area contributed by atoms with E-state index in [0.29, 0.717) is 5.56 Å². The van der Waals surface area contributed by atoms with Crippen LogP contribution >= 0.6 is 0 Å². The molecule has 7 heteroatoms. The molecule has 0 amide bonds. The predicted octanol–water partition coefficient (Wildman–Crippen LogP) is 2.94. The zero-order chi connectivity index (χ0) is 19.1. The van der Waals surface area contributed by atoms with Gasteiger partial charge in [0, 0.05) is 13.0 Å². The Labute approximate surface area is 149 Å². The first-order chi connectivity index (χ1) is 12.4. The molecule has 0 bridgehead atoms. The maximum Gasteiger partial charge on any atom is 0.347 e. The molecular weight excluding hydrogens is 340 g/mol. The minimum absolute atomic E-state index is 0.0830. The Morgan fingerprint density at radius 2 is 1.69 bits per heavy atom. The molecule has 0 aliphatic carbocycles. The van der Waals surface area contributed by atoms with Crippen molar-refractivity contribution in [3.8, 4) is 17.2 Å². The predicted molar refractivity (Wildman–Crippen MR) is 92.4 cm³/mol. The first kappa shape index (κ1) is 18.7. The molecule has 0 radical (unpaired) electrons.